The van der Waals surface area contributed by atoms with Gasteiger partial charge in [-0.25, -0.2) is 4.79 Å². The molecular weight excluding hydrogens is 344 g/mol. The molecule has 1 saturated carbocycles. The molecule has 1 aromatic heterocycles. The SMILES string of the molecule is CC1N(c2ccc(C3=CC4[C@@H](C#N)[C@@H]4C3)cc2)C(=O)O[C@]12Nc1nocc12. The second-order valence-electron chi connectivity index (χ2n) is 7.69. The third-order valence-corrected chi connectivity index (χ3v) is 6.44. The van der Waals surface area contributed by atoms with Crippen molar-refractivity contribution in [3.63, 3.8) is 0 Å². The van der Waals surface area contributed by atoms with Gasteiger partial charge >= 0.3 is 6.09 Å². The number of benzene rings is 1. The Bertz CT molecular complexity index is 1050. The second-order valence-corrected chi connectivity index (χ2v) is 7.69. The van der Waals surface area contributed by atoms with Crippen molar-refractivity contribution in [1.82, 2.24) is 5.16 Å². The largest absolute Gasteiger partial charge is 0.417 e. The molecule has 1 spiro atoms. The minimum absolute atomic E-state index is 0.210. The van der Waals surface area contributed by atoms with Gasteiger partial charge in [0.15, 0.2) is 5.82 Å². The topological polar surface area (TPSA) is 91.4 Å². The van der Waals surface area contributed by atoms with Crippen LogP contribution in [0.2, 0.25) is 0 Å². The van der Waals surface area contributed by atoms with Crippen LogP contribution >= 0.6 is 0 Å². The first-order valence-corrected chi connectivity index (χ1v) is 9.08. The molecule has 3 heterocycles. The molecule has 5 atom stereocenters. The van der Waals surface area contributed by atoms with E-state index in [0.717, 1.165) is 23.2 Å². The van der Waals surface area contributed by atoms with Crippen molar-refractivity contribution in [2.45, 2.75) is 25.1 Å². The van der Waals surface area contributed by atoms with Gasteiger partial charge in [-0.2, -0.15) is 5.26 Å². The first-order chi connectivity index (χ1) is 13.1. The molecule has 0 bridgehead atoms. The van der Waals surface area contributed by atoms with Crippen LogP contribution in [-0.2, 0) is 10.5 Å². The molecule has 1 saturated heterocycles. The van der Waals surface area contributed by atoms with E-state index in [2.05, 4.69) is 22.6 Å². The zero-order valence-corrected chi connectivity index (χ0v) is 14.5. The van der Waals surface area contributed by atoms with Gasteiger partial charge in [0.25, 0.3) is 0 Å². The fourth-order valence-electron chi connectivity index (χ4n) is 4.80. The highest BCUT2D eigenvalue weighted by atomic mass is 16.6. The van der Waals surface area contributed by atoms with E-state index in [9.17, 15) is 4.79 Å². The lowest BCUT2D eigenvalue weighted by Crippen LogP contribution is -2.52. The van der Waals surface area contributed by atoms with Gasteiger partial charge in [0.05, 0.1) is 12.0 Å². The molecule has 27 heavy (non-hydrogen) atoms. The van der Waals surface area contributed by atoms with Crippen LogP contribution in [0, 0.1) is 29.1 Å². The minimum Gasteiger partial charge on any atom is -0.416 e. The summed E-state index contributed by atoms with van der Waals surface area (Å²) in [5, 5.41) is 16.0. The molecule has 4 aliphatic rings. The zero-order valence-electron chi connectivity index (χ0n) is 14.5. The van der Waals surface area contributed by atoms with Crippen LogP contribution < -0.4 is 10.2 Å². The van der Waals surface area contributed by atoms with Crippen molar-refractivity contribution in [3.05, 3.63) is 47.7 Å². The van der Waals surface area contributed by atoms with Gasteiger partial charge < -0.3 is 14.6 Å². The maximum atomic E-state index is 12.6. The van der Waals surface area contributed by atoms with E-state index >= 15 is 0 Å². The van der Waals surface area contributed by atoms with Crippen molar-refractivity contribution < 1.29 is 14.1 Å². The summed E-state index contributed by atoms with van der Waals surface area (Å²) in [6, 6.07) is 10.1. The number of allylic oxidation sites excluding steroid dienone is 2. The highest BCUT2D eigenvalue weighted by Gasteiger charge is 2.61. The number of anilines is 2. The molecule has 2 aliphatic carbocycles. The maximum Gasteiger partial charge on any atom is 0.417 e. The molecule has 134 valence electrons. The molecule has 7 heteroatoms. The summed E-state index contributed by atoms with van der Waals surface area (Å²) >= 11 is 0. The predicted molar refractivity (Wildman–Crippen MR) is 95.3 cm³/mol. The highest BCUT2D eigenvalue weighted by Crippen LogP contribution is 2.57. The van der Waals surface area contributed by atoms with Gasteiger partial charge in [-0.1, -0.05) is 23.4 Å². The predicted octanol–water partition coefficient (Wildman–Crippen LogP) is 3.47. The summed E-state index contributed by atoms with van der Waals surface area (Å²) in [7, 11) is 0. The van der Waals surface area contributed by atoms with E-state index in [1.54, 1.807) is 4.90 Å². The van der Waals surface area contributed by atoms with E-state index in [-0.39, 0.29) is 12.0 Å². The van der Waals surface area contributed by atoms with Crippen LogP contribution in [0.1, 0.15) is 24.5 Å². The van der Waals surface area contributed by atoms with E-state index in [1.807, 2.05) is 31.2 Å². The van der Waals surface area contributed by atoms with E-state index in [4.69, 9.17) is 14.5 Å². The number of nitriles is 1. The number of carbonyl (C=O) groups is 1. The standard InChI is InChI=1S/C20H16N4O3/c1-10-20(17-9-26-23-18(17)22-20)27-19(25)24(10)13-4-2-11(3-5-13)12-6-14-15(7-12)16(14)8-21/h2-6,9-10,14-16H,7H2,1H3,(H,22,23)/t10?,14?,15-,16-,20-/m1/s1. The third kappa shape index (κ3) is 1.75. The van der Waals surface area contributed by atoms with Crippen molar-refractivity contribution in [2.75, 3.05) is 10.2 Å². The molecule has 1 N–H and O–H groups in total. The Morgan fingerprint density at radius 1 is 1.37 bits per heavy atom. The monoisotopic (exact) mass is 360 g/mol. The summed E-state index contributed by atoms with van der Waals surface area (Å²) in [5.41, 5.74) is 3.11. The number of rotatable bonds is 2. The van der Waals surface area contributed by atoms with Crippen LogP contribution in [0.4, 0.5) is 16.3 Å². The van der Waals surface area contributed by atoms with E-state index in [1.165, 1.54) is 11.8 Å². The number of fused-ring (bicyclic) bond motifs is 3. The number of nitrogens with zero attached hydrogens (tertiary/aromatic N) is 3. The van der Waals surface area contributed by atoms with Crippen molar-refractivity contribution in [3.8, 4) is 6.07 Å². The quantitative estimate of drug-likeness (QED) is 0.882. The smallest absolute Gasteiger partial charge is 0.416 e. The van der Waals surface area contributed by atoms with Gasteiger partial charge in [-0.05, 0) is 48.4 Å². The van der Waals surface area contributed by atoms with E-state index < -0.39 is 11.8 Å². The number of ether oxygens (including phenoxy) is 1. The first kappa shape index (κ1) is 14.9. The highest BCUT2D eigenvalue weighted by molar-refractivity contribution is 5.93. The molecule has 6 rings (SSSR count). The molecule has 1 aromatic carbocycles. The van der Waals surface area contributed by atoms with Crippen LogP contribution in [0.5, 0.6) is 0 Å². The van der Waals surface area contributed by atoms with Crippen molar-refractivity contribution in [2.24, 2.45) is 17.8 Å². The molecule has 2 aromatic rings. The minimum atomic E-state index is -0.896. The lowest BCUT2D eigenvalue weighted by atomic mass is 9.91. The fraction of sp³-hybridized carbons (Fsp3) is 0.350. The lowest BCUT2D eigenvalue weighted by molar-refractivity contribution is 0.0490. The van der Waals surface area contributed by atoms with Crippen molar-refractivity contribution >= 4 is 23.2 Å². The maximum absolute atomic E-state index is 12.6. The van der Waals surface area contributed by atoms with Gasteiger partial charge in [-0.3, -0.25) is 4.90 Å². The summed E-state index contributed by atoms with van der Waals surface area (Å²) in [6.45, 7) is 1.94. The van der Waals surface area contributed by atoms with Gasteiger partial charge in [0.2, 0.25) is 5.72 Å². The lowest BCUT2D eigenvalue weighted by Gasteiger charge is -2.39. The van der Waals surface area contributed by atoms with Crippen LogP contribution in [0.3, 0.4) is 0 Å². The number of hydrogen-bond acceptors (Lipinski definition) is 6. The normalized spacial score (nSPS) is 34.9. The number of amides is 1. The molecule has 2 fully saturated rings. The summed E-state index contributed by atoms with van der Waals surface area (Å²) in [4.78, 5) is 14.2. The Morgan fingerprint density at radius 3 is 2.85 bits per heavy atom. The fourth-order valence-corrected chi connectivity index (χ4v) is 4.80. The number of carbonyl (C=O) groups excluding carboxylic acids is 1. The Hall–Kier alpha value is -3.27. The first-order valence-electron chi connectivity index (χ1n) is 9.08. The molecule has 2 aliphatic heterocycles. The summed E-state index contributed by atoms with van der Waals surface area (Å²) in [5.74, 6) is 1.76. The van der Waals surface area contributed by atoms with E-state index in [0.29, 0.717) is 17.7 Å². The summed E-state index contributed by atoms with van der Waals surface area (Å²) in [6.07, 6.45) is 4.33. The van der Waals surface area contributed by atoms with Gasteiger partial charge in [-0.15, -0.1) is 0 Å². The Kier molecular flexibility index (Phi) is 2.59. The van der Waals surface area contributed by atoms with Crippen LogP contribution in [-0.4, -0.2) is 17.3 Å². The van der Waals surface area contributed by atoms with Crippen LogP contribution in [0.25, 0.3) is 5.57 Å². The molecule has 1 amide bonds. The van der Waals surface area contributed by atoms with Crippen molar-refractivity contribution in [1.29, 1.82) is 5.26 Å². The van der Waals surface area contributed by atoms with Gasteiger partial charge in [0.1, 0.15) is 17.9 Å². The number of hydrogen-bond donors (Lipinski definition) is 1. The average Bonchev–Trinajstić information content (AvgIpc) is 2.97. The molecule has 0 radical (unpaired) electrons. The zero-order chi connectivity index (χ0) is 18.3. The number of aromatic nitrogens is 1. The Morgan fingerprint density at radius 2 is 2.19 bits per heavy atom. The van der Waals surface area contributed by atoms with Crippen LogP contribution in [0.15, 0.2) is 41.1 Å². The molecule has 2 unspecified atom stereocenters. The molecule has 7 nitrogen and oxygen atoms in total. The second kappa shape index (κ2) is 4.71. The Labute approximate surface area is 155 Å². The third-order valence-electron chi connectivity index (χ3n) is 6.44. The van der Waals surface area contributed by atoms with Gasteiger partial charge in [0, 0.05) is 5.69 Å². The molecular formula is C20H16N4O3. The number of nitrogens with one attached hydrogen (secondary N) is 1. The summed E-state index contributed by atoms with van der Waals surface area (Å²) < 4.78 is 10.6. The average molecular weight is 360 g/mol. The Balaban J connectivity index is 1.26.